The van der Waals surface area contributed by atoms with Gasteiger partial charge in [0.2, 0.25) is 0 Å². The van der Waals surface area contributed by atoms with E-state index in [1.165, 1.54) is 14.2 Å². The maximum atomic E-state index is 12.2. The second kappa shape index (κ2) is 5.09. The minimum atomic E-state index is -0.980. The van der Waals surface area contributed by atoms with Gasteiger partial charge in [0, 0.05) is 12.8 Å². The molecule has 1 heterocycles. The van der Waals surface area contributed by atoms with Gasteiger partial charge in [0.25, 0.3) is 0 Å². The molecule has 1 spiro atoms. The summed E-state index contributed by atoms with van der Waals surface area (Å²) in [5.41, 5.74) is -0.980. The van der Waals surface area contributed by atoms with Crippen LogP contribution in [0.4, 0.5) is 0 Å². The maximum Gasteiger partial charge on any atom is 0.317 e. The maximum absolute atomic E-state index is 12.2. The van der Waals surface area contributed by atoms with Crippen LogP contribution in [0.25, 0.3) is 0 Å². The van der Waals surface area contributed by atoms with Gasteiger partial charge < -0.3 is 18.9 Å². The van der Waals surface area contributed by atoms with Crippen molar-refractivity contribution in [1.82, 2.24) is 0 Å². The van der Waals surface area contributed by atoms with Crippen LogP contribution in [-0.4, -0.2) is 45.2 Å². The van der Waals surface area contributed by atoms with Crippen molar-refractivity contribution in [1.29, 1.82) is 0 Å². The molecule has 1 saturated heterocycles. The van der Waals surface area contributed by atoms with E-state index in [2.05, 4.69) is 0 Å². The molecule has 1 saturated carbocycles. The Bertz CT molecular complexity index is 373. The van der Waals surface area contributed by atoms with Gasteiger partial charge in [-0.15, -0.1) is 0 Å². The molecule has 19 heavy (non-hydrogen) atoms. The number of ether oxygens (including phenoxy) is 4. The van der Waals surface area contributed by atoms with Gasteiger partial charge in [-0.25, -0.2) is 0 Å². The standard InChI is InChI=1S/C13H20O6/c1-12(11(15)17-3)9(8-10(14)16-2)4-5-13(12)18-6-7-19-13/h9H,4-8H2,1-3H3. The van der Waals surface area contributed by atoms with Gasteiger partial charge in [-0.1, -0.05) is 0 Å². The number of rotatable bonds is 3. The van der Waals surface area contributed by atoms with Crippen molar-refractivity contribution < 1.29 is 28.5 Å². The zero-order valence-corrected chi connectivity index (χ0v) is 11.6. The molecule has 1 aliphatic carbocycles. The number of esters is 2. The molecule has 6 heteroatoms. The van der Waals surface area contributed by atoms with E-state index in [0.717, 1.165) is 0 Å². The summed E-state index contributed by atoms with van der Waals surface area (Å²) in [6, 6.07) is 0. The quantitative estimate of drug-likeness (QED) is 0.710. The molecule has 0 radical (unpaired) electrons. The van der Waals surface area contributed by atoms with Crippen molar-refractivity contribution in [3.63, 3.8) is 0 Å². The first-order valence-corrected chi connectivity index (χ1v) is 6.43. The van der Waals surface area contributed by atoms with Crippen LogP contribution in [0, 0.1) is 11.3 Å². The zero-order valence-electron chi connectivity index (χ0n) is 11.6. The minimum Gasteiger partial charge on any atom is -0.469 e. The molecule has 2 aliphatic rings. The van der Waals surface area contributed by atoms with Crippen LogP contribution in [0.3, 0.4) is 0 Å². The summed E-state index contributed by atoms with van der Waals surface area (Å²) < 4.78 is 21.0. The second-order valence-electron chi connectivity index (χ2n) is 5.16. The zero-order chi connectivity index (χ0) is 14.1. The molecule has 0 bridgehead atoms. The third kappa shape index (κ3) is 2.03. The van der Waals surface area contributed by atoms with E-state index in [4.69, 9.17) is 18.9 Å². The summed E-state index contributed by atoms with van der Waals surface area (Å²) in [5.74, 6) is -1.90. The van der Waals surface area contributed by atoms with Gasteiger partial charge in [-0.3, -0.25) is 9.59 Å². The number of hydrogen-bond acceptors (Lipinski definition) is 6. The fourth-order valence-corrected chi connectivity index (χ4v) is 3.25. The lowest BCUT2D eigenvalue weighted by molar-refractivity contribution is -0.233. The van der Waals surface area contributed by atoms with Crippen LogP contribution < -0.4 is 0 Å². The Hall–Kier alpha value is -1.14. The molecule has 2 atom stereocenters. The third-order valence-corrected chi connectivity index (χ3v) is 4.43. The smallest absolute Gasteiger partial charge is 0.317 e. The predicted molar refractivity (Wildman–Crippen MR) is 64.1 cm³/mol. The highest BCUT2D eigenvalue weighted by molar-refractivity contribution is 5.80. The van der Waals surface area contributed by atoms with E-state index in [1.807, 2.05) is 0 Å². The Kier molecular flexibility index (Phi) is 3.82. The molecule has 2 rings (SSSR count). The monoisotopic (exact) mass is 272 g/mol. The Morgan fingerprint density at radius 1 is 1.21 bits per heavy atom. The van der Waals surface area contributed by atoms with Crippen molar-refractivity contribution in [2.24, 2.45) is 11.3 Å². The number of carbonyl (C=O) groups excluding carboxylic acids is 2. The molecule has 6 nitrogen and oxygen atoms in total. The van der Waals surface area contributed by atoms with Crippen LogP contribution >= 0.6 is 0 Å². The average molecular weight is 272 g/mol. The first kappa shape index (κ1) is 14.3. The van der Waals surface area contributed by atoms with E-state index >= 15 is 0 Å². The largest absolute Gasteiger partial charge is 0.469 e. The second-order valence-corrected chi connectivity index (χ2v) is 5.16. The lowest BCUT2D eigenvalue weighted by Crippen LogP contribution is -2.52. The normalized spacial score (nSPS) is 32.5. The van der Waals surface area contributed by atoms with Gasteiger partial charge in [0.1, 0.15) is 5.41 Å². The van der Waals surface area contributed by atoms with Crippen molar-refractivity contribution in [3.8, 4) is 0 Å². The van der Waals surface area contributed by atoms with Crippen LogP contribution in [0.2, 0.25) is 0 Å². The molecule has 0 N–H and O–H groups in total. The summed E-state index contributed by atoms with van der Waals surface area (Å²) >= 11 is 0. The topological polar surface area (TPSA) is 71.1 Å². The SMILES string of the molecule is COC(=O)CC1CCC2(OCCO2)C1(C)C(=O)OC. The van der Waals surface area contributed by atoms with Crippen LogP contribution in [0.5, 0.6) is 0 Å². The summed E-state index contributed by atoms with van der Waals surface area (Å²) in [6.07, 6.45) is 1.41. The highest BCUT2D eigenvalue weighted by Crippen LogP contribution is 2.56. The molecular weight excluding hydrogens is 252 g/mol. The van der Waals surface area contributed by atoms with Gasteiger partial charge in [-0.2, -0.15) is 0 Å². The fraction of sp³-hybridized carbons (Fsp3) is 0.846. The van der Waals surface area contributed by atoms with E-state index in [9.17, 15) is 9.59 Å². The van der Waals surface area contributed by atoms with Gasteiger partial charge in [-0.05, 0) is 19.3 Å². The molecule has 0 amide bonds. The van der Waals surface area contributed by atoms with Crippen LogP contribution in [0.15, 0.2) is 0 Å². The van der Waals surface area contributed by atoms with E-state index < -0.39 is 17.2 Å². The van der Waals surface area contributed by atoms with Crippen LogP contribution in [0.1, 0.15) is 26.2 Å². The van der Waals surface area contributed by atoms with Crippen LogP contribution in [-0.2, 0) is 28.5 Å². The van der Waals surface area contributed by atoms with E-state index in [-0.39, 0.29) is 18.3 Å². The Balaban J connectivity index is 2.30. The third-order valence-electron chi connectivity index (χ3n) is 4.43. The summed E-state index contributed by atoms with van der Waals surface area (Å²) in [5, 5.41) is 0. The summed E-state index contributed by atoms with van der Waals surface area (Å²) in [7, 11) is 2.68. The first-order valence-electron chi connectivity index (χ1n) is 6.43. The van der Waals surface area contributed by atoms with E-state index in [0.29, 0.717) is 26.1 Å². The Morgan fingerprint density at radius 2 is 1.84 bits per heavy atom. The van der Waals surface area contributed by atoms with Crippen molar-refractivity contribution >= 4 is 11.9 Å². The average Bonchev–Trinajstić information content (AvgIpc) is 3.00. The number of hydrogen-bond donors (Lipinski definition) is 0. The number of carbonyl (C=O) groups is 2. The lowest BCUT2D eigenvalue weighted by Gasteiger charge is -2.39. The highest BCUT2D eigenvalue weighted by Gasteiger charge is 2.66. The molecule has 108 valence electrons. The van der Waals surface area contributed by atoms with Crippen molar-refractivity contribution in [2.45, 2.75) is 32.0 Å². The molecular formula is C13H20O6. The first-order chi connectivity index (χ1) is 9.00. The number of methoxy groups -OCH3 is 2. The van der Waals surface area contributed by atoms with E-state index in [1.54, 1.807) is 6.92 Å². The van der Waals surface area contributed by atoms with Crippen molar-refractivity contribution in [3.05, 3.63) is 0 Å². The summed E-state index contributed by atoms with van der Waals surface area (Å²) in [4.78, 5) is 23.8. The Morgan fingerprint density at radius 3 is 2.37 bits per heavy atom. The van der Waals surface area contributed by atoms with Gasteiger partial charge >= 0.3 is 11.9 Å². The summed E-state index contributed by atoms with van der Waals surface area (Å²) in [6.45, 7) is 2.67. The molecule has 0 aromatic carbocycles. The predicted octanol–water partition coefficient (Wildman–Crippen LogP) is 0.882. The minimum absolute atomic E-state index is 0.163. The lowest BCUT2D eigenvalue weighted by atomic mass is 9.74. The highest BCUT2D eigenvalue weighted by atomic mass is 16.7. The molecule has 0 aromatic rings. The molecule has 0 aromatic heterocycles. The fourth-order valence-electron chi connectivity index (χ4n) is 3.25. The van der Waals surface area contributed by atoms with Gasteiger partial charge in [0.15, 0.2) is 5.79 Å². The Labute approximate surface area is 112 Å². The molecule has 2 fully saturated rings. The van der Waals surface area contributed by atoms with Gasteiger partial charge in [0.05, 0.1) is 27.4 Å². The molecule has 1 aliphatic heterocycles. The van der Waals surface area contributed by atoms with Crippen molar-refractivity contribution in [2.75, 3.05) is 27.4 Å². The molecule has 2 unspecified atom stereocenters.